The molecule has 0 spiro atoms. The number of aromatic nitrogens is 1. The molecule has 21 heavy (non-hydrogen) atoms. The van der Waals surface area contributed by atoms with Crippen molar-refractivity contribution >= 4 is 27.4 Å². The van der Waals surface area contributed by atoms with Crippen LogP contribution in [0.2, 0.25) is 5.02 Å². The second kappa shape index (κ2) is 7.42. The highest BCUT2D eigenvalue weighted by atomic mass is 35.5. The molecule has 0 saturated carbocycles. The van der Waals surface area contributed by atoms with Gasteiger partial charge >= 0.3 is 0 Å². The third kappa shape index (κ3) is 6.20. The van der Waals surface area contributed by atoms with Crippen LogP contribution < -0.4 is 10.0 Å². The topological polar surface area (TPSA) is 71.1 Å². The summed E-state index contributed by atoms with van der Waals surface area (Å²) in [6.45, 7) is 9.34. The van der Waals surface area contributed by atoms with Crippen molar-refractivity contribution in [2.45, 2.75) is 45.4 Å². The Morgan fingerprint density at radius 1 is 1.29 bits per heavy atom. The first-order valence-corrected chi connectivity index (χ1v) is 8.91. The third-order valence-corrected chi connectivity index (χ3v) is 4.55. The molecule has 7 heteroatoms. The van der Waals surface area contributed by atoms with Gasteiger partial charge in [-0.25, -0.2) is 18.1 Å². The maximum Gasteiger partial charge on any atom is 0.242 e. The maximum atomic E-state index is 12.2. The molecule has 0 aliphatic carbocycles. The maximum absolute atomic E-state index is 12.2. The van der Waals surface area contributed by atoms with Gasteiger partial charge in [0, 0.05) is 19.3 Å². The highest BCUT2D eigenvalue weighted by Gasteiger charge is 2.18. The molecule has 0 amide bonds. The summed E-state index contributed by atoms with van der Waals surface area (Å²) in [5.41, 5.74) is 0.0757. The standard InChI is InChI=1S/C14H24ClN3O2S/c1-5-7-16-13-12(15)9-11(10-17-13)21(19,20)18-8-6-14(2,3)4/h9-10,18H,5-8H2,1-4H3,(H,16,17). The van der Waals surface area contributed by atoms with Gasteiger partial charge in [-0.05, 0) is 24.3 Å². The molecular formula is C14H24ClN3O2S. The Morgan fingerprint density at radius 3 is 2.48 bits per heavy atom. The number of anilines is 1. The lowest BCUT2D eigenvalue weighted by Gasteiger charge is -2.18. The van der Waals surface area contributed by atoms with E-state index in [1.54, 1.807) is 0 Å². The van der Waals surface area contributed by atoms with E-state index < -0.39 is 10.0 Å². The summed E-state index contributed by atoms with van der Waals surface area (Å²) >= 11 is 6.06. The fraction of sp³-hybridized carbons (Fsp3) is 0.643. The molecule has 0 radical (unpaired) electrons. The first kappa shape index (κ1) is 18.2. The van der Waals surface area contributed by atoms with Crippen LogP contribution >= 0.6 is 11.6 Å². The number of sulfonamides is 1. The van der Waals surface area contributed by atoms with Gasteiger partial charge in [0.2, 0.25) is 10.0 Å². The molecule has 0 saturated heterocycles. The zero-order valence-electron chi connectivity index (χ0n) is 13.0. The molecule has 120 valence electrons. The number of rotatable bonds is 7. The molecule has 0 bridgehead atoms. The van der Waals surface area contributed by atoms with E-state index in [4.69, 9.17) is 11.6 Å². The minimum atomic E-state index is -3.57. The molecule has 0 unspecified atom stereocenters. The molecular weight excluding hydrogens is 310 g/mol. The molecule has 1 aromatic heterocycles. The van der Waals surface area contributed by atoms with Crippen molar-refractivity contribution in [1.29, 1.82) is 0 Å². The van der Waals surface area contributed by atoms with Gasteiger partial charge in [0.25, 0.3) is 0 Å². The molecule has 0 atom stereocenters. The van der Waals surface area contributed by atoms with E-state index in [9.17, 15) is 8.42 Å². The van der Waals surface area contributed by atoms with Crippen LogP contribution in [0.4, 0.5) is 5.82 Å². The summed E-state index contributed by atoms with van der Waals surface area (Å²) in [5.74, 6) is 0.507. The lowest BCUT2D eigenvalue weighted by atomic mass is 9.93. The van der Waals surface area contributed by atoms with Crippen LogP contribution in [0.1, 0.15) is 40.5 Å². The molecule has 0 aliphatic heterocycles. The number of nitrogens with one attached hydrogen (secondary N) is 2. The Labute approximate surface area is 132 Å². The monoisotopic (exact) mass is 333 g/mol. The van der Waals surface area contributed by atoms with Crippen molar-refractivity contribution in [2.75, 3.05) is 18.4 Å². The minimum absolute atomic E-state index is 0.0757. The van der Waals surface area contributed by atoms with E-state index in [-0.39, 0.29) is 10.3 Å². The predicted octanol–water partition coefficient (Wildman–Crippen LogP) is 3.27. The predicted molar refractivity (Wildman–Crippen MR) is 87.3 cm³/mol. The minimum Gasteiger partial charge on any atom is -0.369 e. The van der Waals surface area contributed by atoms with Crippen LogP contribution in [-0.2, 0) is 10.0 Å². The van der Waals surface area contributed by atoms with E-state index in [0.717, 1.165) is 19.4 Å². The Bertz CT molecular complexity index is 568. The number of hydrogen-bond acceptors (Lipinski definition) is 4. The van der Waals surface area contributed by atoms with Crippen molar-refractivity contribution in [3.63, 3.8) is 0 Å². The van der Waals surface area contributed by atoms with Gasteiger partial charge in [-0.3, -0.25) is 0 Å². The summed E-state index contributed by atoms with van der Waals surface area (Å²) in [5, 5.41) is 3.35. The van der Waals surface area contributed by atoms with Crippen molar-refractivity contribution in [3.8, 4) is 0 Å². The molecule has 1 aromatic rings. The van der Waals surface area contributed by atoms with Crippen LogP contribution in [0.3, 0.4) is 0 Å². The molecule has 0 fully saturated rings. The molecule has 5 nitrogen and oxygen atoms in total. The lowest BCUT2D eigenvalue weighted by molar-refractivity contribution is 0.378. The molecule has 1 rings (SSSR count). The number of pyridine rings is 1. The normalized spacial score (nSPS) is 12.4. The second-order valence-electron chi connectivity index (χ2n) is 6.14. The van der Waals surface area contributed by atoms with Gasteiger partial charge in [-0.1, -0.05) is 39.3 Å². The Morgan fingerprint density at radius 2 is 1.95 bits per heavy atom. The summed E-state index contributed by atoms with van der Waals surface area (Å²) in [7, 11) is -3.57. The number of nitrogens with zero attached hydrogens (tertiary/aromatic N) is 1. The van der Waals surface area contributed by atoms with E-state index in [1.165, 1.54) is 12.3 Å². The van der Waals surface area contributed by atoms with Crippen LogP contribution in [0.15, 0.2) is 17.2 Å². The summed E-state index contributed by atoms with van der Waals surface area (Å²) < 4.78 is 26.9. The van der Waals surface area contributed by atoms with Crippen LogP contribution in [0, 0.1) is 5.41 Å². The smallest absolute Gasteiger partial charge is 0.242 e. The third-order valence-electron chi connectivity index (χ3n) is 2.84. The summed E-state index contributed by atoms with van der Waals surface area (Å²) in [4.78, 5) is 4.16. The van der Waals surface area contributed by atoms with Crippen LogP contribution in [-0.4, -0.2) is 26.5 Å². The highest BCUT2D eigenvalue weighted by molar-refractivity contribution is 7.89. The number of hydrogen-bond donors (Lipinski definition) is 2. The summed E-state index contributed by atoms with van der Waals surface area (Å²) in [6, 6.07) is 1.42. The van der Waals surface area contributed by atoms with Gasteiger partial charge < -0.3 is 5.32 Å². The van der Waals surface area contributed by atoms with Gasteiger partial charge in [0.05, 0.1) is 5.02 Å². The average molecular weight is 334 g/mol. The molecule has 0 aliphatic rings. The SMILES string of the molecule is CCCNc1ncc(S(=O)(=O)NCCC(C)(C)C)cc1Cl. The van der Waals surface area contributed by atoms with Gasteiger partial charge in [-0.15, -0.1) is 0 Å². The van der Waals surface area contributed by atoms with Crippen molar-refractivity contribution in [3.05, 3.63) is 17.3 Å². The van der Waals surface area contributed by atoms with Gasteiger partial charge in [0.15, 0.2) is 0 Å². The zero-order chi connectivity index (χ0) is 16.1. The Kier molecular flexibility index (Phi) is 6.43. The fourth-order valence-corrected chi connectivity index (χ4v) is 2.88. The first-order valence-electron chi connectivity index (χ1n) is 7.05. The van der Waals surface area contributed by atoms with E-state index >= 15 is 0 Å². The summed E-state index contributed by atoms with van der Waals surface area (Å²) in [6.07, 6.45) is 3.01. The quantitative estimate of drug-likeness (QED) is 0.803. The molecule has 0 aromatic carbocycles. The largest absolute Gasteiger partial charge is 0.369 e. The van der Waals surface area contributed by atoms with E-state index in [2.05, 4.69) is 35.8 Å². The molecule has 1 heterocycles. The Balaban J connectivity index is 2.77. The highest BCUT2D eigenvalue weighted by Crippen LogP contribution is 2.23. The van der Waals surface area contributed by atoms with Gasteiger partial charge in [0.1, 0.15) is 10.7 Å². The average Bonchev–Trinajstić information content (AvgIpc) is 2.35. The van der Waals surface area contributed by atoms with E-state index in [0.29, 0.717) is 17.4 Å². The zero-order valence-corrected chi connectivity index (χ0v) is 14.6. The fourth-order valence-electron chi connectivity index (χ4n) is 1.58. The number of halogens is 1. The van der Waals surface area contributed by atoms with E-state index in [1.807, 2.05) is 6.92 Å². The lowest BCUT2D eigenvalue weighted by Crippen LogP contribution is -2.27. The van der Waals surface area contributed by atoms with Crippen LogP contribution in [0.5, 0.6) is 0 Å². The van der Waals surface area contributed by atoms with Crippen molar-refractivity contribution in [2.24, 2.45) is 5.41 Å². The second-order valence-corrected chi connectivity index (χ2v) is 8.31. The molecule has 2 N–H and O–H groups in total. The Hall–Kier alpha value is -0.850. The van der Waals surface area contributed by atoms with Crippen LogP contribution in [0.25, 0.3) is 0 Å². The van der Waals surface area contributed by atoms with Crippen molar-refractivity contribution < 1.29 is 8.42 Å². The van der Waals surface area contributed by atoms with Gasteiger partial charge in [-0.2, -0.15) is 0 Å². The van der Waals surface area contributed by atoms with Crippen molar-refractivity contribution in [1.82, 2.24) is 9.71 Å². The first-order chi connectivity index (χ1) is 9.65.